The lowest BCUT2D eigenvalue weighted by Gasteiger charge is -2.57. The average Bonchev–Trinajstić information content (AvgIpc) is 3.11. The first-order valence-electron chi connectivity index (χ1n) is 11.7. The van der Waals surface area contributed by atoms with Gasteiger partial charge in [0.1, 0.15) is 6.54 Å². The number of rotatable bonds is 6. The molecule has 0 saturated heterocycles. The Labute approximate surface area is 182 Å². The Kier molecular flexibility index (Phi) is 6.57. The van der Waals surface area contributed by atoms with Gasteiger partial charge in [0.15, 0.2) is 5.76 Å². The van der Waals surface area contributed by atoms with Crippen LogP contribution in [0.5, 0.6) is 0 Å². The molecular weight excluding hydrogens is 374 g/mol. The number of aryl methyl sites for hydroxylation is 1. The van der Waals surface area contributed by atoms with Crippen LogP contribution in [0.4, 0.5) is 0 Å². The molecule has 4 nitrogen and oxygen atoms in total. The molecule has 0 aliphatic heterocycles. The molecule has 1 heterocycles. The Morgan fingerprint density at radius 2 is 2.07 bits per heavy atom. The molecule has 4 heteroatoms. The number of furan rings is 1. The van der Waals surface area contributed by atoms with Gasteiger partial charge in [-0.2, -0.15) is 0 Å². The van der Waals surface area contributed by atoms with Crippen LogP contribution in [0.25, 0.3) is 0 Å². The van der Waals surface area contributed by atoms with Crippen LogP contribution in [0, 0.1) is 22.7 Å². The van der Waals surface area contributed by atoms with Crippen LogP contribution >= 0.6 is 0 Å². The van der Waals surface area contributed by atoms with Gasteiger partial charge >= 0.3 is 5.97 Å². The van der Waals surface area contributed by atoms with Crippen molar-refractivity contribution < 1.29 is 19.3 Å². The van der Waals surface area contributed by atoms with Crippen LogP contribution in [0.15, 0.2) is 28.9 Å². The molecule has 0 amide bonds. The predicted molar refractivity (Wildman–Crippen MR) is 120 cm³/mol. The fourth-order valence-electron chi connectivity index (χ4n) is 6.43. The van der Waals surface area contributed by atoms with E-state index in [1.807, 2.05) is 6.26 Å². The molecular formula is C26H42NO3+. The van der Waals surface area contributed by atoms with Crippen molar-refractivity contribution in [2.24, 2.45) is 22.7 Å². The van der Waals surface area contributed by atoms with Crippen LogP contribution in [-0.4, -0.2) is 18.6 Å². The minimum atomic E-state index is -0.372. The highest BCUT2D eigenvalue weighted by atomic mass is 16.5. The van der Waals surface area contributed by atoms with Crippen LogP contribution in [0.2, 0.25) is 0 Å². The fraction of sp³-hybridized carbons (Fsp3) is 0.731. The Hall–Kier alpha value is -1.55. The molecule has 2 N–H and O–H groups in total. The van der Waals surface area contributed by atoms with Gasteiger partial charge in [-0.15, -0.1) is 0 Å². The number of fused-ring (bicyclic) bond motifs is 1. The number of quaternary nitrogens is 1. The number of methoxy groups -OCH3 is 1. The van der Waals surface area contributed by atoms with E-state index in [-0.39, 0.29) is 22.3 Å². The van der Waals surface area contributed by atoms with Crippen molar-refractivity contribution in [1.29, 1.82) is 0 Å². The number of carbonyl (C=O) groups excluding carboxylic acids is 1. The summed E-state index contributed by atoms with van der Waals surface area (Å²) in [6.07, 6.45) is 9.17. The summed E-state index contributed by atoms with van der Waals surface area (Å²) >= 11 is 0. The number of hydrogen-bond acceptors (Lipinski definition) is 3. The summed E-state index contributed by atoms with van der Waals surface area (Å²) in [5, 5.41) is 2.33. The Morgan fingerprint density at radius 1 is 1.33 bits per heavy atom. The third-order valence-electron chi connectivity index (χ3n) is 8.11. The van der Waals surface area contributed by atoms with Crippen molar-refractivity contribution in [3.63, 3.8) is 0 Å². The van der Waals surface area contributed by atoms with Gasteiger partial charge in [-0.25, -0.2) is 0 Å². The van der Waals surface area contributed by atoms with Crippen LogP contribution in [-0.2, 0) is 22.5 Å². The zero-order chi connectivity index (χ0) is 22.2. The topological polar surface area (TPSA) is 56.0 Å². The van der Waals surface area contributed by atoms with Gasteiger partial charge in [0, 0.05) is 0 Å². The summed E-state index contributed by atoms with van der Waals surface area (Å²) in [7, 11) is 1.54. The highest BCUT2D eigenvalue weighted by molar-refractivity contribution is 5.77. The molecule has 0 unspecified atom stereocenters. The van der Waals surface area contributed by atoms with E-state index >= 15 is 0 Å². The highest BCUT2D eigenvalue weighted by Gasteiger charge is 2.57. The zero-order valence-corrected chi connectivity index (χ0v) is 20.0. The standard InChI is InChI=1S/C26H41NO3/c1-18-9-12-22-25(5,14-8-15-26(22,6)23(28)29-7)20(18)11-10-19-13-16-30-21(19)17-27-24(2,3)4/h13,16,20,22,27H,1,8-12,14-15,17H2,2-7H3/p+1/t20-,22-,25+,26-/m0/s1. The molecule has 0 spiro atoms. The van der Waals surface area contributed by atoms with Gasteiger partial charge in [0.25, 0.3) is 0 Å². The predicted octanol–water partition coefficient (Wildman–Crippen LogP) is 5.03. The quantitative estimate of drug-likeness (QED) is 0.523. The maximum Gasteiger partial charge on any atom is 0.311 e. The monoisotopic (exact) mass is 416 g/mol. The third kappa shape index (κ3) is 4.39. The first kappa shape index (κ1) is 23.1. The fourth-order valence-corrected chi connectivity index (χ4v) is 6.43. The number of nitrogens with two attached hydrogens (primary N) is 1. The molecule has 0 radical (unpaired) electrons. The number of carbonyl (C=O) groups is 1. The average molecular weight is 417 g/mol. The van der Waals surface area contributed by atoms with E-state index in [0.29, 0.717) is 11.8 Å². The Balaban J connectivity index is 1.77. The van der Waals surface area contributed by atoms with E-state index in [0.717, 1.165) is 50.8 Å². The maximum atomic E-state index is 12.8. The minimum absolute atomic E-state index is 0.0282. The van der Waals surface area contributed by atoms with Gasteiger partial charge in [0.2, 0.25) is 0 Å². The number of esters is 1. The summed E-state index contributed by atoms with van der Waals surface area (Å²) < 4.78 is 11.1. The van der Waals surface area contributed by atoms with Gasteiger partial charge in [-0.05, 0) is 95.1 Å². The molecule has 30 heavy (non-hydrogen) atoms. The second-order valence-electron chi connectivity index (χ2n) is 11.3. The lowest BCUT2D eigenvalue weighted by molar-refractivity contribution is -0.733. The number of hydrogen-bond donors (Lipinski definition) is 1. The van der Waals surface area contributed by atoms with Crippen LogP contribution in [0.1, 0.15) is 84.5 Å². The summed E-state index contributed by atoms with van der Waals surface area (Å²) in [6.45, 7) is 16.6. The summed E-state index contributed by atoms with van der Waals surface area (Å²) in [5.41, 5.74) is 2.61. The van der Waals surface area contributed by atoms with Crippen LogP contribution < -0.4 is 5.32 Å². The molecule has 0 bridgehead atoms. The second-order valence-corrected chi connectivity index (χ2v) is 11.3. The van der Waals surface area contributed by atoms with Crippen molar-refractivity contribution in [1.82, 2.24) is 0 Å². The van der Waals surface area contributed by atoms with E-state index in [9.17, 15) is 4.79 Å². The third-order valence-corrected chi connectivity index (χ3v) is 8.11. The van der Waals surface area contributed by atoms with Crippen molar-refractivity contribution in [3.05, 3.63) is 35.8 Å². The normalized spacial score (nSPS) is 32.0. The number of allylic oxidation sites excluding steroid dienone is 1. The van der Waals surface area contributed by atoms with Crippen molar-refractivity contribution in [2.45, 2.75) is 91.6 Å². The van der Waals surface area contributed by atoms with Gasteiger partial charge in [0.05, 0.1) is 24.3 Å². The van der Waals surface area contributed by atoms with E-state index in [2.05, 4.69) is 52.6 Å². The highest BCUT2D eigenvalue weighted by Crippen LogP contribution is 2.62. The summed E-state index contributed by atoms with van der Waals surface area (Å²) in [6, 6.07) is 2.14. The number of ether oxygens (including phenoxy) is 1. The lowest BCUT2D eigenvalue weighted by Crippen LogP contribution is -2.93. The van der Waals surface area contributed by atoms with Gasteiger partial charge in [-0.3, -0.25) is 4.79 Å². The molecule has 2 aliphatic carbocycles. The smallest absolute Gasteiger partial charge is 0.311 e. The molecule has 2 aliphatic rings. The van der Waals surface area contributed by atoms with E-state index in [1.54, 1.807) is 0 Å². The van der Waals surface area contributed by atoms with Gasteiger partial charge in [-0.1, -0.05) is 25.5 Å². The van der Waals surface area contributed by atoms with E-state index in [4.69, 9.17) is 9.15 Å². The largest absolute Gasteiger partial charge is 0.469 e. The molecule has 1 aromatic heterocycles. The van der Waals surface area contributed by atoms with E-state index in [1.165, 1.54) is 24.7 Å². The second kappa shape index (κ2) is 8.53. The molecule has 0 aromatic carbocycles. The SMILES string of the molecule is C=C1CC[C@H]2[C@](C)(CCC[C@]2(C)C(=O)OC)[C@H]1CCc1ccoc1C[NH2+]C(C)(C)C. The summed E-state index contributed by atoms with van der Waals surface area (Å²) in [4.78, 5) is 12.8. The van der Waals surface area contributed by atoms with Crippen molar-refractivity contribution in [2.75, 3.05) is 7.11 Å². The zero-order valence-electron chi connectivity index (χ0n) is 20.0. The molecule has 3 rings (SSSR count). The molecule has 2 saturated carbocycles. The lowest BCUT2D eigenvalue weighted by atomic mass is 9.46. The van der Waals surface area contributed by atoms with Crippen molar-refractivity contribution in [3.8, 4) is 0 Å². The first-order chi connectivity index (χ1) is 14.0. The molecule has 2 fully saturated rings. The maximum absolute atomic E-state index is 12.8. The molecule has 168 valence electrons. The van der Waals surface area contributed by atoms with E-state index < -0.39 is 0 Å². The minimum Gasteiger partial charge on any atom is -0.469 e. The molecule has 1 aromatic rings. The van der Waals surface area contributed by atoms with Crippen LogP contribution in [0.3, 0.4) is 0 Å². The first-order valence-corrected chi connectivity index (χ1v) is 11.7. The molecule has 4 atom stereocenters. The Morgan fingerprint density at radius 3 is 2.73 bits per heavy atom. The van der Waals surface area contributed by atoms with Gasteiger partial charge < -0.3 is 14.5 Å². The summed E-state index contributed by atoms with van der Waals surface area (Å²) in [5.74, 6) is 1.87. The van der Waals surface area contributed by atoms with Crippen molar-refractivity contribution >= 4 is 5.97 Å². The Bertz CT molecular complexity index is 773.